The number of hydrogen-bond donors (Lipinski definition) is 1. The Morgan fingerprint density at radius 1 is 1.06 bits per heavy atom. The highest BCUT2D eigenvalue weighted by Crippen LogP contribution is 2.34. The van der Waals surface area contributed by atoms with Crippen molar-refractivity contribution in [3.63, 3.8) is 0 Å². The van der Waals surface area contributed by atoms with Crippen molar-refractivity contribution in [3.05, 3.63) is 23.3 Å². The summed E-state index contributed by atoms with van der Waals surface area (Å²) in [5.41, 5.74) is 0.687. The number of nitrogens with one attached hydrogen (secondary N) is 1. The Balaban J connectivity index is 2.07. The molecule has 1 aliphatic heterocycles. The Kier molecular flexibility index (Phi) is 9.61. The minimum absolute atomic E-state index is 0.0938. The van der Waals surface area contributed by atoms with E-state index in [-0.39, 0.29) is 54.9 Å². The molecule has 0 aliphatic carbocycles. The number of amides is 3. The number of imide groups is 1. The van der Waals surface area contributed by atoms with E-state index < -0.39 is 11.8 Å². The first-order valence-electron chi connectivity index (χ1n) is 10.6. The van der Waals surface area contributed by atoms with Crippen LogP contribution in [0, 0.1) is 0 Å². The van der Waals surface area contributed by atoms with Gasteiger partial charge in [-0.05, 0) is 39.6 Å². The molecule has 0 saturated heterocycles. The summed E-state index contributed by atoms with van der Waals surface area (Å²) in [6, 6.07) is 2.91. The van der Waals surface area contributed by atoms with Crippen LogP contribution in [0.15, 0.2) is 12.1 Å². The molecule has 2 rings (SSSR count). The van der Waals surface area contributed by atoms with E-state index in [2.05, 4.69) is 5.32 Å². The molecule has 1 aromatic rings. The number of fused-ring (bicyclic) bond motifs is 1. The van der Waals surface area contributed by atoms with Gasteiger partial charge in [-0.1, -0.05) is 0 Å². The van der Waals surface area contributed by atoms with Crippen LogP contribution in [0.4, 0.5) is 5.69 Å². The van der Waals surface area contributed by atoms with Gasteiger partial charge in [-0.15, -0.1) is 0 Å². The van der Waals surface area contributed by atoms with Gasteiger partial charge in [0.05, 0.1) is 36.6 Å². The Labute approximate surface area is 187 Å². The van der Waals surface area contributed by atoms with Crippen LogP contribution < -0.4 is 10.1 Å². The Morgan fingerprint density at radius 3 is 2.38 bits per heavy atom. The van der Waals surface area contributed by atoms with E-state index in [1.165, 1.54) is 19.1 Å². The van der Waals surface area contributed by atoms with Gasteiger partial charge in [0.25, 0.3) is 11.8 Å². The normalized spacial score (nSPS) is 12.8. The van der Waals surface area contributed by atoms with Crippen LogP contribution in [-0.4, -0.2) is 87.1 Å². The van der Waals surface area contributed by atoms with Gasteiger partial charge >= 0.3 is 5.97 Å². The van der Waals surface area contributed by atoms with E-state index in [1.54, 1.807) is 6.92 Å². The number of benzene rings is 1. The summed E-state index contributed by atoms with van der Waals surface area (Å²) in [5, 5.41) is 2.64. The molecule has 0 unspecified atom stereocenters. The fourth-order valence-corrected chi connectivity index (χ4v) is 3.10. The van der Waals surface area contributed by atoms with Crippen LogP contribution in [0.1, 0.15) is 47.4 Å². The molecule has 1 aliphatic rings. The van der Waals surface area contributed by atoms with E-state index in [0.29, 0.717) is 25.3 Å². The molecule has 0 fully saturated rings. The average Bonchev–Trinajstić information content (AvgIpc) is 2.94. The van der Waals surface area contributed by atoms with Crippen LogP contribution in [0.5, 0.6) is 5.75 Å². The Bertz CT molecular complexity index is 854. The zero-order valence-electron chi connectivity index (χ0n) is 19.1. The van der Waals surface area contributed by atoms with Crippen molar-refractivity contribution in [2.45, 2.75) is 26.7 Å². The molecule has 0 saturated carbocycles. The van der Waals surface area contributed by atoms with E-state index in [1.807, 2.05) is 19.0 Å². The molecule has 3 amide bonds. The third-order valence-corrected chi connectivity index (χ3v) is 4.62. The van der Waals surface area contributed by atoms with Crippen molar-refractivity contribution in [2.75, 3.05) is 58.9 Å². The lowest BCUT2D eigenvalue weighted by Gasteiger charge is -2.14. The van der Waals surface area contributed by atoms with Gasteiger partial charge in [-0.25, -0.2) is 0 Å². The third-order valence-electron chi connectivity index (χ3n) is 4.62. The van der Waals surface area contributed by atoms with Gasteiger partial charge in [0.15, 0.2) is 0 Å². The van der Waals surface area contributed by atoms with E-state index in [9.17, 15) is 19.2 Å². The number of anilines is 1. The summed E-state index contributed by atoms with van der Waals surface area (Å²) in [4.78, 5) is 51.8. The largest absolute Gasteiger partial charge is 0.489 e. The second-order valence-corrected chi connectivity index (χ2v) is 7.51. The monoisotopic (exact) mass is 449 g/mol. The molecule has 0 aromatic heterocycles. The minimum atomic E-state index is -0.473. The molecule has 0 spiro atoms. The van der Waals surface area contributed by atoms with Crippen LogP contribution in [0.25, 0.3) is 0 Å². The molecule has 176 valence electrons. The lowest BCUT2D eigenvalue weighted by atomic mass is 10.1. The lowest BCUT2D eigenvalue weighted by Crippen LogP contribution is -2.31. The zero-order chi connectivity index (χ0) is 23.7. The van der Waals surface area contributed by atoms with Crippen molar-refractivity contribution in [3.8, 4) is 5.75 Å². The van der Waals surface area contributed by atoms with Crippen LogP contribution in [-0.2, 0) is 19.1 Å². The number of carbonyl (C=O) groups excluding carboxylic acids is 4. The van der Waals surface area contributed by atoms with Gasteiger partial charge in [-0.3, -0.25) is 24.1 Å². The smallest absolute Gasteiger partial charge is 0.305 e. The van der Waals surface area contributed by atoms with E-state index in [0.717, 1.165) is 11.4 Å². The van der Waals surface area contributed by atoms with Crippen molar-refractivity contribution < 1.29 is 33.4 Å². The summed E-state index contributed by atoms with van der Waals surface area (Å²) in [6.07, 6.45) is 0.414. The summed E-state index contributed by atoms with van der Waals surface area (Å²) >= 11 is 0. The van der Waals surface area contributed by atoms with Crippen molar-refractivity contribution in [1.29, 1.82) is 0 Å². The van der Waals surface area contributed by atoms with Gasteiger partial charge in [0.1, 0.15) is 12.4 Å². The third kappa shape index (κ3) is 7.03. The maximum atomic E-state index is 12.8. The summed E-state index contributed by atoms with van der Waals surface area (Å²) in [6.45, 7) is 5.30. The average molecular weight is 450 g/mol. The predicted molar refractivity (Wildman–Crippen MR) is 117 cm³/mol. The van der Waals surface area contributed by atoms with E-state index in [4.69, 9.17) is 14.2 Å². The molecule has 10 nitrogen and oxygen atoms in total. The number of ether oxygens (including phenoxy) is 3. The van der Waals surface area contributed by atoms with E-state index >= 15 is 0 Å². The second-order valence-electron chi connectivity index (χ2n) is 7.51. The Hall–Kier alpha value is -2.98. The summed E-state index contributed by atoms with van der Waals surface area (Å²) < 4.78 is 16.1. The molecule has 32 heavy (non-hydrogen) atoms. The molecule has 1 aromatic carbocycles. The van der Waals surface area contributed by atoms with Gasteiger partial charge in [0.2, 0.25) is 5.91 Å². The molecule has 1 heterocycles. The van der Waals surface area contributed by atoms with Crippen LogP contribution in [0.2, 0.25) is 0 Å². The first-order chi connectivity index (χ1) is 15.2. The fourth-order valence-electron chi connectivity index (χ4n) is 3.10. The van der Waals surface area contributed by atoms with Crippen molar-refractivity contribution in [2.24, 2.45) is 0 Å². The first kappa shape index (κ1) is 25.3. The second kappa shape index (κ2) is 12.2. The highest BCUT2D eigenvalue weighted by Gasteiger charge is 2.36. The molecule has 0 bridgehead atoms. The topological polar surface area (TPSA) is 114 Å². The van der Waals surface area contributed by atoms with Crippen molar-refractivity contribution in [1.82, 2.24) is 9.80 Å². The minimum Gasteiger partial charge on any atom is -0.489 e. The lowest BCUT2D eigenvalue weighted by molar-refractivity contribution is -0.143. The number of rotatable bonds is 13. The first-order valence-corrected chi connectivity index (χ1v) is 10.6. The summed E-state index contributed by atoms with van der Waals surface area (Å²) in [5.74, 6) is -1.36. The molecular weight excluding hydrogens is 418 g/mol. The maximum absolute atomic E-state index is 12.8. The molecule has 1 N–H and O–H groups in total. The van der Waals surface area contributed by atoms with Gasteiger partial charge in [-0.2, -0.15) is 0 Å². The number of hydrogen-bond acceptors (Lipinski definition) is 8. The fraction of sp³-hybridized carbons (Fsp3) is 0.545. The SMILES string of the molecule is CCOC(=O)CCCN1C(=O)c2cc(NC(C)=O)c(OCCOCCN(C)C)cc2C1=O. The van der Waals surface area contributed by atoms with Crippen molar-refractivity contribution >= 4 is 29.4 Å². The molecule has 0 atom stereocenters. The Morgan fingerprint density at radius 2 is 1.75 bits per heavy atom. The van der Waals surface area contributed by atoms with Crippen LogP contribution in [0.3, 0.4) is 0 Å². The summed E-state index contributed by atoms with van der Waals surface area (Å²) in [7, 11) is 3.89. The standard InChI is InChI=1S/C22H31N3O7/c1-5-31-20(27)7-6-8-25-21(28)16-13-18(23-15(2)26)19(14-17(16)22(25)29)32-12-11-30-10-9-24(3)4/h13-14H,5-12H2,1-4H3,(H,23,26). The van der Waals surface area contributed by atoms with Gasteiger partial charge in [0, 0.05) is 26.4 Å². The number of esters is 1. The van der Waals surface area contributed by atoms with Gasteiger partial charge < -0.3 is 24.4 Å². The molecule has 10 heteroatoms. The molecular formula is C22H31N3O7. The quantitative estimate of drug-likeness (QED) is 0.274. The number of likely N-dealkylation sites (N-methyl/N-ethyl adjacent to an activating group) is 1. The zero-order valence-corrected chi connectivity index (χ0v) is 19.1. The maximum Gasteiger partial charge on any atom is 0.305 e. The predicted octanol–water partition coefficient (Wildman–Crippen LogP) is 1.54. The van der Waals surface area contributed by atoms with Crippen LogP contribution >= 0.6 is 0 Å². The number of carbonyl (C=O) groups is 4. The number of nitrogens with zero attached hydrogens (tertiary/aromatic N) is 2. The molecule has 0 radical (unpaired) electrons. The highest BCUT2D eigenvalue weighted by molar-refractivity contribution is 6.22. The highest BCUT2D eigenvalue weighted by atomic mass is 16.5.